The first-order chi connectivity index (χ1) is 9.67. The SMILES string of the molecule is O=C(CCN1CCOC(CO)C1)Cc1ccc(F)cc1. The van der Waals surface area contributed by atoms with Gasteiger partial charge in [0.05, 0.1) is 19.3 Å². The summed E-state index contributed by atoms with van der Waals surface area (Å²) in [6.07, 6.45) is 0.666. The number of morpholine rings is 1. The fourth-order valence-corrected chi connectivity index (χ4v) is 2.30. The van der Waals surface area contributed by atoms with Crippen LogP contribution in [-0.4, -0.2) is 54.7 Å². The molecule has 1 aliphatic heterocycles. The Balaban J connectivity index is 1.73. The van der Waals surface area contributed by atoms with E-state index in [4.69, 9.17) is 9.84 Å². The summed E-state index contributed by atoms with van der Waals surface area (Å²) in [7, 11) is 0. The van der Waals surface area contributed by atoms with Crippen LogP contribution < -0.4 is 0 Å². The number of halogens is 1. The molecular formula is C15H20FNO3. The summed E-state index contributed by atoms with van der Waals surface area (Å²) in [5, 5.41) is 9.05. The highest BCUT2D eigenvalue weighted by Gasteiger charge is 2.19. The fourth-order valence-electron chi connectivity index (χ4n) is 2.30. The van der Waals surface area contributed by atoms with E-state index in [-0.39, 0.29) is 24.3 Å². The average Bonchev–Trinajstić information content (AvgIpc) is 2.48. The number of hydrogen-bond acceptors (Lipinski definition) is 4. The van der Waals surface area contributed by atoms with Crippen molar-refractivity contribution in [1.29, 1.82) is 0 Å². The van der Waals surface area contributed by atoms with Gasteiger partial charge in [-0.1, -0.05) is 12.1 Å². The van der Waals surface area contributed by atoms with Crippen LogP contribution in [0.2, 0.25) is 0 Å². The first kappa shape index (κ1) is 15.1. The quantitative estimate of drug-likeness (QED) is 0.846. The van der Waals surface area contributed by atoms with E-state index in [1.54, 1.807) is 12.1 Å². The zero-order chi connectivity index (χ0) is 14.4. The third kappa shape index (κ3) is 4.67. The van der Waals surface area contributed by atoms with E-state index in [0.29, 0.717) is 32.5 Å². The van der Waals surface area contributed by atoms with E-state index in [9.17, 15) is 9.18 Å². The van der Waals surface area contributed by atoms with Crippen molar-refractivity contribution >= 4 is 5.78 Å². The molecule has 1 fully saturated rings. The number of benzene rings is 1. The highest BCUT2D eigenvalue weighted by atomic mass is 19.1. The van der Waals surface area contributed by atoms with Crippen molar-refractivity contribution in [1.82, 2.24) is 4.90 Å². The first-order valence-electron chi connectivity index (χ1n) is 6.88. The lowest BCUT2D eigenvalue weighted by Crippen LogP contribution is -2.44. The number of Topliss-reactive ketones (excluding diaryl/α,β-unsaturated/α-hetero) is 1. The normalized spacial score (nSPS) is 20.0. The third-order valence-corrected chi connectivity index (χ3v) is 3.45. The number of rotatable bonds is 6. The number of carbonyl (C=O) groups is 1. The minimum Gasteiger partial charge on any atom is -0.394 e. The Morgan fingerprint density at radius 3 is 2.85 bits per heavy atom. The zero-order valence-electron chi connectivity index (χ0n) is 11.4. The van der Waals surface area contributed by atoms with E-state index in [1.165, 1.54) is 12.1 Å². The van der Waals surface area contributed by atoms with Gasteiger partial charge < -0.3 is 9.84 Å². The van der Waals surface area contributed by atoms with Crippen LogP contribution in [0, 0.1) is 5.82 Å². The van der Waals surface area contributed by atoms with Crippen molar-refractivity contribution in [2.45, 2.75) is 18.9 Å². The Morgan fingerprint density at radius 1 is 1.40 bits per heavy atom. The van der Waals surface area contributed by atoms with Gasteiger partial charge in [-0.15, -0.1) is 0 Å². The van der Waals surface area contributed by atoms with E-state index in [1.807, 2.05) is 0 Å². The molecule has 1 aromatic rings. The van der Waals surface area contributed by atoms with E-state index < -0.39 is 0 Å². The van der Waals surface area contributed by atoms with Crippen LogP contribution in [0.25, 0.3) is 0 Å². The number of nitrogens with zero attached hydrogens (tertiary/aromatic N) is 1. The molecule has 1 N–H and O–H groups in total. The largest absolute Gasteiger partial charge is 0.394 e. The Morgan fingerprint density at radius 2 is 2.15 bits per heavy atom. The van der Waals surface area contributed by atoms with Gasteiger partial charge in [0.1, 0.15) is 11.6 Å². The minimum atomic E-state index is -0.287. The molecule has 0 radical (unpaired) electrons. The molecule has 0 aliphatic carbocycles. The van der Waals surface area contributed by atoms with Gasteiger partial charge in [0.15, 0.2) is 0 Å². The highest BCUT2D eigenvalue weighted by Crippen LogP contribution is 2.08. The molecule has 20 heavy (non-hydrogen) atoms. The molecule has 1 atom stereocenters. The first-order valence-corrected chi connectivity index (χ1v) is 6.88. The van der Waals surface area contributed by atoms with Gasteiger partial charge in [-0.05, 0) is 17.7 Å². The topological polar surface area (TPSA) is 49.8 Å². The second-order valence-corrected chi connectivity index (χ2v) is 5.07. The van der Waals surface area contributed by atoms with E-state index >= 15 is 0 Å². The minimum absolute atomic E-state index is 0.0139. The molecule has 0 amide bonds. The van der Waals surface area contributed by atoms with Crippen molar-refractivity contribution in [3.05, 3.63) is 35.6 Å². The molecule has 1 aromatic carbocycles. The van der Waals surface area contributed by atoms with E-state index in [0.717, 1.165) is 12.1 Å². The molecule has 4 nitrogen and oxygen atoms in total. The van der Waals surface area contributed by atoms with Crippen molar-refractivity contribution in [3.63, 3.8) is 0 Å². The molecule has 0 spiro atoms. The fraction of sp³-hybridized carbons (Fsp3) is 0.533. The molecule has 1 heterocycles. The average molecular weight is 281 g/mol. The Kier molecular flexibility index (Phi) is 5.64. The predicted octanol–water partition coefficient (Wildman–Crippen LogP) is 1.02. The lowest BCUT2D eigenvalue weighted by Gasteiger charge is -2.31. The lowest BCUT2D eigenvalue weighted by molar-refractivity contribution is -0.119. The molecular weight excluding hydrogens is 261 g/mol. The van der Waals surface area contributed by atoms with Crippen molar-refractivity contribution < 1.29 is 19.0 Å². The highest BCUT2D eigenvalue weighted by molar-refractivity contribution is 5.81. The molecule has 1 aliphatic rings. The summed E-state index contributed by atoms with van der Waals surface area (Å²) in [4.78, 5) is 14.0. The van der Waals surface area contributed by atoms with Crippen molar-refractivity contribution in [2.75, 3.05) is 32.8 Å². The lowest BCUT2D eigenvalue weighted by atomic mass is 10.1. The maximum Gasteiger partial charge on any atom is 0.138 e. The second kappa shape index (κ2) is 7.47. The number of aliphatic hydroxyl groups is 1. The second-order valence-electron chi connectivity index (χ2n) is 5.07. The number of hydrogen-bond donors (Lipinski definition) is 1. The van der Waals surface area contributed by atoms with Gasteiger partial charge in [0, 0.05) is 32.5 Å². The van der Waals surface area contributed by atoms with Gasteiger partial charge in [-0.25, -0.2) is 4.39 Å². The predicted molar refractivity (Wildman–Crippen MR) is 73.0 cm³/mol. The van der Waals surface area contributed by atoms with Crippen molar-refractivity contribution in [2.24, 2.45) is 0 Å². The Bertz CT molecular complexity index is 435. The molecule has 0 aromatic heterocycles. The number of ether oxygens (including phenoxy) is 1. The third-order valence-electron chi connectivity index (χ3n) is 3.45. The van der Waals surface area contributed by atoms with Crippen LogP contribution >= 0.6 is 0 Å². The molecule has 2 rings (SSSR count). The Labute approximate surface area is 118 Å². The van der Waals surface area contributed by atoms with Crippen LogP contribution in [0.1, 0.15) is 12.0 Å². The van der Waals surface area contributed by atoms with Gasteiger partial charge in [-0.3, -0.25) is 9.69 Å². The Hall–Kier alpha value is -1.30. The van der Waals surface area contributed by atoms with Gasteiger partial charge in [-0.2, -0.15) is 0 Å². The summed E-state index contributed by atoms with van der Waals surface area (Å²) in [6.45, 7) is 2.75. The van der Waals surface area contributed by atoms with Crippen LogP contribution in [0.4, 0.5) is 4.39 Å². The molecule has 1 unspecified atom stereocenters. The number of aliphatic hydroxyl groups excluding tert-OH is 1. The summed E-state index contributed by atoms with van der Waals surface area (Å²) in [6, 6.07) is 6.03. The summed E-state index contributed by atoms with van der Waals surface area (Å²) in [5.74, 6) is -0.145. The smallest absolute Gasteiger partial charge is 0.138 e. The maximum atomic E-state index is 12.8. The van der Waals surface area contributed by atoms with Crippen LogP contribution in [0.3, 0.4) is 0 Å². The van der Waals surface area contributed by atoms with Crippen LogP contribution in [-0.2, 0) is 16.0 Å². The van der Waals surface area contributed by atoms with Crippen LogP contribution in [0.5, 0.6) is 0 Å². The molecule has 5 heteroatoms. The standard InChI is InChI=1S/C15H20FNO3/c16-13-3-1-12(2-4-13)9-14(19)5-6-17-7-8-20-15(10-17)11-18/h1-4,15,18H,5-11H2. The summed E-state index contributed by atoms with van der Waals surface area (Å²) in [5.41, 5.74) is 0.839. The monoisotopic (exact) mass is 281 g/mol. The van der Waals surface area contributed by atoms with E-state index in [2.05, 4.69) is 4.90 Å². The molecule has 0 saturated carbocycles. The summed E-state index contributed by atoms with van der Waals surface area (Å²) >= 11 is 0. The van der Waals surface area contributed by atoms with Crippen LogP contribution in [0.15, 0.2) is 24.3 Å². The number of carbonyl (C=O) groups excluding carboxylic acids is 1. The van der Waals surface area contributed by atoms with Gasteiger partial charge in [0.25, 0.3) is 0 Å². The van der Waals surface area contributed by atoms with Gasteiger partial charge in [0.2, 0.25) is 0 Å². The zero-order valence-corrected chi connectivity index (χ0v) is 11.4. The number of ketones is 1. The molecule has 0 bridgehead atoms. The van der Waals surface area contributed by atoms with Gasteiger partial charge >= 0.3 is 0 Å². The molecule has 110 valence electrons. The van der Waals surface area contributed by atoms with Crippen molar-refractivity contribution in [3.8, 4) is 0 Å². The molecule has 1 saturated heterocycles. The summed E-state index contributed by atoms with van der Waals surface area (Å²) < 4.78 is 18.1. The maximum absolute atomic E-state index is 12.8.